The molecule has 0 saturated carbocycles. The summed E-state index contributed by atoms with van der Waals surface area (Å²) in [4.78, 5) is 43.6. The van der Waals surface area contributed by atoms with E-state index in [-0.39, 0.29) is 23.5 Å². The van der Waals surface area contributed by atoms with Crippen molar-refractivity contribution in [3.63, 3.8) is 0 Å². The number of nitrogens with one attached hydrogen (secondary N) is 1. The number of para-hydroxylation sites is 1. The number of fused-ring (bicyclic) bond motifs is 7. The van der Waals surface area contributed by atoms with E-state index < -0.39 is 29.1 Å². The summed E-state index contributed by atoms with van der Waals surface area (Å²) >= 11 is 0. The average Bonchev–Trinajstić information content (AvgIpc) is 3.40. The standard InChI is InChI=1S/C22H18FN3O3/c23-12-5-3-6-13(11-12)26-19(27)17-16-9-4-10-25(16)22(18(17)20(26)28)14-7-1-2-8-15(14)24-21(22)29/h1-3,5-8,11,16-18H,4,9-10H2,(H,24,29)/t16-,17+,18-,22-/m0/s1. The van der Waals surface area contributed by atoms with Gasteiger partial charge in [0, 0.05) is 17.3 Å². The van der Waals surface area contributed by atoms with Gasteiger partial charge in [0.2, 0.25) is 17.7 Å². The molecule has 3 saturated heterocycles. The Bertz CT molecular complexity index is 1100. The highest BCUT2D eigenvalue weighted by Crippen LogP contribution is 2.60. The van der Waals surface area contributed by atoms with Gasteiger partial charge in [-0.25, -0.2) is 9.29 Å². The Morgan fingerprint density at radius 3 is 2.69 bits per heavy atom. The van der Waals surface area contributed by atoms with Crippen LogP contribution in [0.25, 0.3) is 0 Å². The second-order valence-corrected chi connectivity index (χ2v) is 8.16. The third kappa shape index (κ3) is 1.86. The Morgan fingerprint density at radius 1 is 1.03 bits per heavy atom. The van der Waals surface area contributed by atoms with Crippen LogP contribution in [0.15, 0.2) is 48.5 Å². The van der Waals surface area contributed by atoms with Crippen molar-refractivity contribution in [3.05, 3.63) is 59.9 Å². The summed E-state index contributed by atoms with van der Waals surface area (Å²) < 4.78 is 13.8. The summed E-state index contributed by atoms with van der Waals surface area (Å²) in [5.74, 6) is -2.94. The molecule has 4 aliphatic rings. The number of carbonyl (C=O) groups is 3. The first-order valence-electron chi connectivity index (χ1n) is 9.86. The molecule has 2 aromatic rings. The molecule has 3 fully saturated rings. The van der Waals surface area contributed by atoms with Gasteiger partial charge in [-0.05, 0) is 43.7 Å². The molecular formula is C22H18FN3O3. The third-order valence-electron chi connectivity index (χ3n) is 6.97. The molecule has 4 heterocycles. The normalized spacial score (nSPS) is 32.7. The Morgan fingerprint density at radius 2 is 1.86 bits per heavy atom. The van der Waals surface area contributed by atoms with Crippen LogP contribution >= 0.6 is 0 Å². The molecule has 2 aromatic carbocycles. The van der Waals surface area contributed by atoms with E-state index in [0.717, 1.165) is 23.3 Å². The number of rotatable bonds is 1. The summed E-state index contributed by atoms with van der Waals surface area (Å²) in [7, 11) is 0. The van der Waals surface area contributed by atoms with Crippen LogP contribution in [0, 0.1) is 17.7 Å². The summed E-state index contributed by atoms with van der Waals surface area (Å²) in [5, 5.41) is 2.93. The number of carbonyl (C=O) groups excluding carboxylic acids is 3. The van der Waals surface area contributed by atoms with Crippen LogP contribution in [0.2, 0.25) is 0 Å². The first-order valence-corrected chi connectivity index (χ1v) is 9.86. The highest BCUT2D eigenvalue weighted by Gasteiger charge is 2.74. The summed E-state index contributed by atoms with van der Waals surface area (Å²) in [6, 6.07) is 12.7. The summed E-state index contributed by atoms with van der Waals surface area (Å²) in [5.41, 5.74) is 0.484. The van der Waals surface area contributed by atoms with Gasteiger partial charge in [0.25, 0.3) is 0 Å². The van der Waals surface area contributed by atoms with Crippen molar-refractivity contribution < 1.29 is 18.8 Å². The van der Waals surface area contributed by atoms with E-state index in [1.54, 1.807) is 6.07 Å². The van der Waals surface area contributed by atoms with Gasteiger partial charge < -0.3 is 5.32 Å². The second kappa shape index (κ2) is 5.51. The predicted molar refractivity (Wildman–Crippen MR) is 102 cm³/mol. The van der Waals surface area contributed by atoms with Crippen molar-refractivity contribution in [2.45, 2.75) is 24.4 Å². The van der Waals surface area contributed by atoms with E-state index in [2.05, 4.69) is 10.2 Å². The molecule has 0 radical (unpaired) electrons. The van der Waals surface area contributed by atoms with E-state index in [9.17, 15) is 18.8 Å². The van der Waals surface area contributed by atoms with E-state index in [1.165, 1.54) is 18.2 Å². The molecule has 7 heteroatoms. The minimum atomic E-state index is -1.18. The van der Waals surface area contributed by atoms with Crippen molar-refractivity contribution in [2.75, 3.05) is 16.8 Å². The molecule has 4 aliphatic heterocycles. The second-order valence-electron chi connectivity index (χ2n) is 8.16. The number of amides is 3. The van der Waals surface area contributed by atoms with Gasteiger partial charge in [0.15, 0.2) is 0 Å². The predicted octanol–water partition coefficient (Wildman–Crippen LogP) is 2.26. The van der Waals surface area contributed by atoms with Gasteiger partial charge in [0.05, 0.1) is 17.5 Å². The third-order valence-corrected chi connectivity index (χ3v) is 6.97. The lowest BCUT2D eigenvalue weighted by molar-refractivity contribution is -0.135. The molecular weight excluding hydrogens is 373 g/mol. The quantitative estimate of drug-likeness (QED) is 0.757. The van der Waals surface area contributed by atoms with E-state index in [4.69, 9.17) is 0 Å². The zero-order valence-corrected chi connectivity index (χ0v) is 15.5. The molecule has 6 nitrogen and oxygen atoms in total. The fraction of sp³-hybridized carbons (Fsp3) is 0.318. The first-order chi connectivity index (χ1) is 14.0. The minimum absolute atomic E-state index is 0.174. The molecule has 3 amide bonds. The lowest BCUT2D eigenvalue weighted by atomic mass is 9.75. The van der Waals surface area contributed by atoms with Gasteiger partial charge in [-0.1, -0.05) is 24.3 Å². The zero-order valence-electron chi connectivity index (χ0n) is 15.5. The summed E-state index contributed by atoms with van der Waals surface area (Å²) in [6.07, 6.45) is 1.63. The first kappa shape index (κ1) is 16.9. The Kier molecular flexibility index (Phi) is 3.20. The van der Waals surface area contributed by atoms with Crippen LogP contribution in [0.3, 0.4) is 0 Å². The van der Waals surface area contributed by atoms with Gasteiger partial charge in [0.1, 0.15) is 11.4 Å². The maximum Gasteiger partial charge on any atom is 0.250 e. The Balaban J connectivity index is 1.56. The lowest BCUT2D eigenvalue weighted by Crippen LogP contribution is -2.54. The van der Waals surface area contributed by atoms with Crippen LogP contribution in [-0.2, 0) is 19.9 Å². The van der Waals surface area contributed by atoms with Crippen LogP contribution < -0.4 is 10.2 Å². The molecule has 4 atom stereocenters. The number of imide groups is 1. The molecule has 0 bridgehead atoms. The highest BCUT2D eigenvalue weighted by atomic mass is 19.1. The average molecular weight is 391 g/mol. The van der Waals surface area contributed by atoms with Gasteiger partial charge >= 0.3 is 0 Å². The number of benzene rings is 2. The monoisotopic (exact) mass is 391 g/mol. The van der Waals surface area contributed by atoms with Crippen molar-refractivity contribution in [2.24, 2.45) is 11.8 Å². The molecule has 146 valence electrons. The molecule has 1 spiro atoms. The number of hydrogen-bond acceptors (Lipinski definition) is 4. The number of halogens is 1. The van der Waals surface area contributed by atoms with Crippen molar-refractivity contribution in [1.82, 2.24) is 4.90 Å². The van der Waals surface area contributed by atoms with Gasteiger partial charge in [-0.2, -0.15) is 0 Å². The fourth-order valence-corrected chi connectivity index (χ4v) is 6.03. The van der Waals surface area contributed by atoms with Crippen LogP contribution in [0.4, 0.5) is 15.8 Å². The molecule has 0 unspecified atom stereocenters. The highest BCUT2D eigenvalue weighted by molar-refractivity contribution is 6.25. The summed E-state index contributed by atoms with van der Waals surface area (Å²) in [6.45, 7) is 0.667. The maximum atomic E-state index is 13.8. The SMILES string of the molecule is O=C1[C@H]2[C@@H](C(=O)N1c1cccc(F)c1)[C@@]1(C(=O)Nc3ccccc31)N1CCC[C@@H]21. The van der Waals surface area contributed by atoms with E-state index >= 15 is 0 Å². The van der Waals surface area contributed by atoms with E-state index in [0.29, 0.717) is 12.2 Å². The van der Waals surface area contributed by atoms with Crippen molar-refractivity contribution in [1.29, 1.82) is 0 Å². The zero-order chi connectivity index (χ0) is 19.9. The van der Waals surface area contributed by atoms with Crippen molar-refractivity contribution in [3.8, 4) is 0 Å². The Hall–Kier alpha value is -3.06. The molecule has 0 aromatic heterocycles. The van der Waals surface area contributed by atoms with Crippen molar-refractivity contribution >= 4 is 29.1 Å². The minimum Gasteiger partial charge on any atom is -0.324 e. The van der Waals surface area contributed by atoms with Gasteiger partial charge in [-0.3, -0.25) is 19.3 Å². The van der Waals surface area contributed by atoms with Crippen LogP contribution in [0.1, 0.15) is 18.4 Å². The fourth-order valence-electron chi connectivity index (χ4n) is 6.03. The van der Waals surface area contributed by atoms with E-state index in [1.807, 2.05) is 24.3 Å². The smallest absolute Gasteiger partial charge is 0.250 e. The number of hydrogen-bond donors (Lipinski definition) is 1. The van der Waals surface area contributed by atoms with Crippen LogP contribution in [-0.4, -0.2) is 35.2 Å². The molecule has 0 aliphatic carbocycles. The maximum absolute atomic E-state index is 13.8. The molecule has 29 heavy (non-hydrogen) atoms. The van der Waals surface area contributed by atoms with Crippen LogP contribution in [0.5, 0.6) is 0 Å². The Labute approximate surface area is 166 Å². The lowest BCUT2D eigenvalue weighted by Gasteiger charge is -2.36. The van der Waals surface area contributed by atoms with Gasteiger partial charge in [-0.15, -0.1) is 0 Å². The molecule has 6 rings (SSSR count). The largest absolute Gasteiger partial charge is 0.324 e. The number of anilines is 2. The topological polar surface area (TPSA) is 69.7 Å². The number of nitrogens with zero attached hydrogens (tertiary/aromatic N) is 2. The molecule has 1 N–H and O–H groups in total.